The molecular formula is C36H37Cl2N3O5S. The van der Waals surface area contributed by atoms with Crippen LogP contribution in [0.5, 0.6) is 5.75 Å². The van der Waals surface area contributed by atoms with Crippen LogP contribution in [0, 0.1) is 0 Å². The van der Waals surface area contributed by atoms with E-state index in [0.29, 0.717) is 34.2 Å². The molecule has 5 rings (SSSR count). The Kier molecular flexibility index (Phi) is 11.6. The second-order valence-corrected chi connectivity index (χ2v) is 14.1. The van der Waals surface area contributed by atoms with Crippen molar-refractivity contribution in [2.24, 2.45) is 0 Å². The van der Waals surface area contributed by atoms with Crippen LogP contribution < -0.4 is 14.8 Å². The topological polar surface area (TPSA) is 105 Å². The van der Waals surface area contributed by atoms with Crippen LogP contribution in [0.1, 0.15) is 41.5 Å². The number of rotatable bonds is 15. The van der Waals surface area contributed by atoms with Crippen molar-refractivity contribution >= 4 is 45.0 Å². The second kappa shape index (κ2) is 15.8. The quantitative estimate of drug-likeness (QED) is 0.151. The largest absolute Gasteiger partial charge is 0.497 e. The molecule has 1 unspecified atom stereocenters. The third-order valence-electron chi connectivity index (χ3n) is 8.01. The Labute approximate surface area is 286 Å². The van der Waals surface area contributed by atoms with Crippen LogP contribution in [0.4, 0.5) is 0 Å². The third-order valence-corrected chi connectivity index (χ3v) is 10.1. The van der Waals surface area contributed by atoms with Gasteiger partial charge in [0.25, 0.3) is 0 Å². The zero-order valence-electron chi connectivity index (χ0n) is 26.0. The van der Waals surface area contributed by atoms with Gasteiger partial charge in [-0.2, -0.15) is 0 Å². The van der Waals surface area contributed by atoms with Gasteiger partial charge in [0.15, 0.2) is 0 Å². The number of nitrogens with one attached hydrogen (secondary N) is 2. The Balaban J connectivity index is 1.38. The van der Waals surface area contributed by atoms with E-state index in [0.717, 1.165) is 29.5 Å². The van der Waals surface area contributed by atoms with E-state index >= 15 is 0 Å². The van der Waals surface area contributed by atoms with E-state index in [-0.39, 0.29) is 42.3 Å². The Hall–Kier alpha value is -3.89. The van der Waals surface area contributed by atoms with Gasteiger partial charge in [-0.25, -0.2) is 13.1 Å². The van der Waals surface area contributed by atoms with Crippen LogP contribution >= 0.6 is 23.2 Å². The summed E-state index contributed by atoms with van der Waals surface area (Å²) in [7, 11) is -1.99. The van der Waals surface area contributed by atoms with Crippen molar-refractivity contribution in [1.29, 1.82) is 0 Å². The zero-order valence-corrected chi connectivity index (χ0v) is 28.3. The van der Waals surface area contributed by atoms with Gasteiger partial charge >= 0.3 is 0 Å². The van der Waals surface area contributed by atoms with Gasteiger partial charge in [-0.15, -0.1) is 0 Å². The number of carbonyl (C=O) groups is 2. The molecule has 0 heterocycles. The highest BCUT2D eigenvalue weighted by Crippen LogP contribution is 2.24. The molecule has 47 heavy (non-hydrogen) atoms. The number of ether oxygens (including phenoxy) is 1. The molecule has 1 saturated carbocycles. The van der Waals surface area contributed by atoms with Crippen LogP contribution in [-0.4, -0.2) is 44.3 Å². The van der Waals surface area contributed by atoms with Crippen LogP contribution in [-0.2, 0) is 45.5 Å². The average molecular weight is 695 g/mol. The smallest absolute Gasteiger partial charge is 0.243 e. The lowest BCUT2D eigenvalue weighted by atomic mass is 10.0. The number of benzene rings is 4. The zero-order chi connectivity index (χ0) is 33.4. The molecule has 0 bridgehead atoms. The summed E-state index contributed by atoms with van der Waals surface area (Å²) in [6.07, 6.45) is 2.48. The lowest BCUT2D eigenvalue weighted by molar-refractivity contribution is -0.141. The first-order valence-corrected chi connectivity index (χ1v) is 17.6. The molecule has 0 aromatic heterocycles. The fourth-order valence-corrected chi connectivity index (χ4v) is 6.95. The van der Waals surface area contributed by atoms with E-state index in [4.69, 9.17) is 27.9 Å². The summed E-state index contributed by atoms with van der Waals surface area (Å²) in [5, 5.41) is 3.92. The standard InChI is InChI=1S/C36H37Cl2N3O5S/c1-46-31-16-7-27(8-17-31)24-41(35(42)20-11-25-9-18-32(19-10-25)47(44,45)40-30-14-15-30)34(21-26-5-3-2-4-6-26)36(43)39-23-28-12-13-29(37)22-33(28)38/h2-10,12-13,16-19,22,30,34,40H,11,14-15,20-21,23-24H2,1H3,(H,39,43). The number of methoxy groups -OCH3 is 1. The molecule has 1 fully saturated rings. The van der Waals surface area contributed by atoms with Crippen molar-refractivity contribution in [3.05, 3.63) is 129 Å². The van der Waals surface area contributed by atoms with Crippen molar-refractivity contribution < 1.29 is 22.7 Å². The lowest BCUT2D eigenvalue weighted by Crippen LogP contribution is -2.50. The number of hydrogen-bond acceptors (Lipinski definition) is 5. The third kappa shape index (κ3) is 9.81. The van der Waals surface area contributed by atoms with Gasteiger partial charge < -0.3 is 15.0 Å². The van der Waals surface area contributed by atoms with Crippen molar-refractivity contribution in [1.82, 2.24) is 14.9 Å². The lowest BCUT2D eigenvalue weighted by Gasteiger charge is -2.32. The SMILES string of the molecule is COc1ccc(CN(C(=O)CCc2ccc(S(=O)(=O)NC3CC3)cc2)C(Cc2ccccc2)C(=O)NCc2ccc(Cl)cc2Cl)cc1. The predicted molar refractivity (Wildman–Crippen MR) is 184 cm³/mol. The molecule has 4 aromatic rings. The normalized spacial score (nSPS) is 13.5. The molecule has 1 aliphatic carbocycles. The van der Waals surface area contributed by atoms with Gasteiger partial charge in [0, 0.05) is 42.0 Å². The maximum atomic E-state index is 14.1. The molecule has 2 amide bonds. The summed E-state index contributed by atoms with van der Waals surface area (Å²) in [6, 6.07) is 27.8. The predicted octanol–water partition coefficient (Wildman–Crippen LogP) is 6.33. The van der Waals surface area contributed by atoms with E-state index in [1.807, 2.05) is 54.6 Å². The molecule has 8 nitrogen and oxygen atoms in total. The summed E-state index contributed by atoms with van der Waals surface area (Å²) in [4.78, 5) is 29.9. The first-order chi connectivity index (χ1) is 22.6. The minimum absolute atomic E-state index is 0.0122. The van der Waals surface area contributed by atoms with Crippen LogP contribution in [0.2, 0.25) is 10.0 Å². The van der Waals surface area contributed by atoms with E-state index in [2.05, 4.69) is 10.0 Å². The number of aryl methyl sites for hydroxylation is 1. The van der Waals surface area contributed by atoms with Crippen LogP contribution in [0.3, 0.4) is 0 Å². The molecule has 4 aromatic carbocycles. The van der Waals surface area contributed by atoms with Crippen molar-refractivity contribution in [2.45, 2.75) is 62.2 Å². The molecule has 1 aliphatic rings. The van der Waals surface area contributed by atoms with Gasteiger partial charge in [0.05, 0.1) is 12.0 Å². The van der Waals surface area contributed by atoms with E-state index < -0.39 is 16.1 Å². The first kappa shape index (κ1) is 34.4. The first-order valence-electron chi connectivity index (χ1n) is 15.4. The van der Waals surface area contributed by atoms with Gasteiger partial charge in [-0.3, -0.25) is 9.59 Å². The summed E-state index contributed by atoms with van der Waals surface area (Å²) in [5.74, 6) is 0.149. The number of sulfonamides is 1. The molecule has 246 valence electrons. The monoisotopic (exact) mass is 693 g/mol. The molecule has 11 heteroatoms. The van der Waals surface area contributed by atoms with E-state index in [1.165, 1.54) is 0 Å². The fraction of sp³-hybridized carbons (Fsp3) is 0.278. The minimum atomic E-state index is -3.57. The molecule has 0 radical (unpaired) electrons. The van der Waals surface area contributed by atoms with Crippen molar-refractivity contribution in [2.75, 3.05) is 7.11 Å². The van der Waals surface area contributed by atoms with Gasteiger partial charge in [0.2, 0.25) is 21.8 Å². The van der Waals surface area contributed by atoms with E-state index in [1.54, 1.807) is 54.5 Å². The summed E-state index contributed by atoms with van der Waals surface area (Å²) < 4.78 is 33.2. The highest BCUT2D eigenvalue weighted by Gasteiger charge is 2.31. The fourth-order valence-electron chi connectivity index (χ4n) is 5.17. The second-order valence-electron chi connectivity index (χ2n) is 11.6. The van der Waals surface area contributed by atoms with Gasteiger partial charge in [-0.1, -0.05) is 83.9 Å². The van der Waals surface area contributed by atoms with Gasteiger partial charge in [-0.05, 0) is 77.9 Å². The molecule has 1 atom stereocenters. The van der Waals surface area contributed by atoms with Gasteiger partial charge in [0.1, 0.15) is 11.8 Å². The maximum absolute atomic E-state index is 14.1. The number of nitrogens with zero attached hydrogens (tertiary/aromatic N) is 1. The van der Waals surface area contributed by atoms with E-state index in [9.17, 15) is 18.0 Å². The summed E-state index contributed by atoms with van der Waals surface area (Å²) in [6.45, 7) is 0.356. The minimum Gasteiger partial charge on any atom is -0.497 e. The van der Waals surface area contributed by atoms with Crippen LogP contribution in [0.15, 0.2) is 102 Å². The molecule has 0 saturated heterocycles. The molecule has 0 aliphatic heterocycles. The Morgan fingerprint density at radius 1 is 0.894 bits per heavy atom. The van der Waals surface area contributed by atoms with Crippen LogP contribution in [0.25, 0.3) is 0 Å². The Morgan fingerprint density at radius 2 is 1.57 bits per heavy atom. The highest BCUT2D eigenvalue weighted by molar-refractivity contribution is 7.89. The van der Waals surface area contributed by atoms with Crippen molar-refractivity contribution in [3.63, 3.8) is 0 Å². The Morgan fingerprint density at radius 3 is 2.21 bits per heavy atom. The molecule has 0 spiro atoms. The molecule has 2 N–H and O–H groups in total. The Bertz CT molecular complexity index is 1780. The summed E-state index contributed by atoms with van der Waals surface area (Å²) >= 11 is 12.4. The molecular weight excluding hydrogens is 657 g/mol. The highest BCUT2D eigenvalue weighted by atomic mass is 35.5. The van der Waals surface area contributed by atoms with Crippen molar-refractivity contribution in [3.8, 4) is 5.75 Å². The average Bonchev–Trinajstić information content (AvgIpc) is 3.89. The number of hydrogen-bond donors (Lipinski definition) is 2. The number of halogens is 2. The summed E-state index contributed by atoms with van der Waals surface area (Å²) in [5.41, 5.74) is 3.26. The number of carbonyl (C=O) groups excluding carboxylic acids is 2. The maximum Gasteiger partial charge on any atom is 0.243 e. The number of amides is 2.